The molecule has 1 saturated heterocycles. The number of benzene rings is 2. The number of carbonyl (C=O) groups excluding carboxylic acids is 10. The van der Waals surface area contributed by atoms with Crippen LogP contribution in [0.1, 0.15) is 55.3 Å². The first-order valence-electron chi connectivity index (χ1n) is 27.5. The van der Waals surface area contributed by atoms with Crippen LogP contribution in [-0.2, 0) is 81.6 Å². The van der Waals surface area contributed by atoms with Gasteiger partial charge in [-0.15, -0.1) is 0 Å². The van der Waals surface area contributed by atoms with Crippen molar-refractivity contribution in [2.75, 3.05) is 39.3 Å². The first-order valence-corrected chi connectivity index (χ1v) is 27.5. The van der Waals surface area contributed by atoms with Crippen LogP contribution in [0.4, 0.5) is 0 Å². The molecule has 4 aromatic rings. The van der Waals surface area contributed by atoms with Crippen LogP contribution in [0, 0.1) is 0 Å². The van der Waals surface area contributed by atoms with E-state index in [1.807, 2.05) is 0 Å². The number of carboxylic acid groups (broad SMARTS) is 3. The molecule has 1 aliphatic heterocycles. The maximum atomic E-state index is 14.1. The van der Waals surface area contributed by atoms with Crippen molar-refractivity contribution in [1.82, 2.24) is 67.7 Å². The molecule has 21 N–H and O–H groups in total. The molecular formula is C54H71N17O17. The van der Waals surface area contributed by atoms with Crippen LogP contribution in [-0.4, -0.2) is 211 Å². The molecule has 8 atom stereocenters. The highest BCUT2D eigenvalue weighted by Crippen LogP contribution is 2.21. The lowest BCUT2D eigenvalue weighted by atomic mass is 10.0. The maximum Gasteiger partial charge on any atom is 0.326 e. The zero-order valence-corrected chi connectivity index (χ0v) is 47.3. The van der Waals surface area contributed by atoms with E-state index < -0.39 is 164 Å². The van der Waals surface area contributed by atoms with Crippen molar-refractivity contribution in [2.45, 2.75) is 106 Å². The number of rotatable bonds is 35. The Kier molecular flexibility index (Phi) is 26.3. The number of nitrogens with one attached hydrogen (secondary N) is 11. The summed E-state index contributed by atoms with van der Waals surface area (Å²) < 4.78 is 0. The number of nitrogens with zero attached hydrogens (tertiary/aromatic N) is 3. The fourth-order valence-corrected chi connectivity index (χ4v) is 9.16. The summed E-state index contributed by atoms with van der Waals surface area (Å²) in [5.41, 5.74) is 19.0. The lowest BCUT2D eigenvalue weighted by Gasteiger charge is -2.28. The smallest absolute Gasteiger partial charge is 0.326 e. The summed E-state index contributed by atoms with van der Waals surface area (Å²) in [6, 6.07) is 2.79. The average molecular weight is 1230 g/mol. The minimum atomic E-state index is -1.95. The highest BCUT2D eigenvalue weighted by Gasteiger charge is 2.40. The number of amides is 10. The van der Waals surface area contributed by atoms with Crippen molar-refractivity contribution in [3.05, 3.63) is 90.1 Å². The molecule has 0 saturated carbocycles. The molecule has 10 amide bonds. The number of guanidine groups is 1. The number of carbonyl (C=O) groups is 13. The molecular weight excluding hydrogens is 1160 g/mol. The summed E-state index contributed by atoms with van der Waals surface area (Å²) >= 11 is 0. The third kappa shape index (κ3) is 21.8. The number of imidazole rings is 1. The number of para-hydroxylation sites is 1. The number of aromatic nitrogens is 3. The Labute approximate surface area is 500 Å². The van der Waals surface area contributed by atoms with Crippen LogP contribution in [0.25, 0.3) is 10.9 Å². The van der Waals surface area contributed by atoms with E-state index in [0.29, 0.717) is 34.1 Å². The first kappa shape index (κ1) is 68.3. The van der Waals surface area contributed by atoms with Gasteiger partial charge in [0.2, 0.25) is 59.1 Å². The summed E-state index contributed by atoms with van der Waals surface area (Å²) in [4.78, 5) is 185. The number of hydrogen-bond acceptors (Lipinski definition) is 17. The normalized spacial score (nSPS) is 15.0. The third-order valence-electron chi connectivity index (χ3n) is 13.5. The Morgan fingerprint density at radius 2 is 1.17 bits per heavy atom. The van der Waals surface area contributed by atoms with Crippen LogP contribution in [0.3, 0.4) is 0 Å². The van der Waals surface area contributed by atoms with Gasteiger partial charge in [0.25, 0.3) is 0 Å². The molecule has 0 unspecified atom stereocenters. The van der Waals surface area contributed by atoms with Gasteiger partial charge in [-0.3, -0.25) is 62.5 Å². The van der Waals surface area contributed by atoms with E-state index in [1.54, 1.807) is 60.8 Å². The number of likely N-dealkylation sites (tertiary alicyclic amines) is 1. The number of aromatic amines is 2. The van der Waals surface area contributed by atoms with E-state index in [1.165, 1.54) is 12.5 Å². The zero-order chi connectivity index (χ0) is 64.5. The van der Waals surface area contributed by atoms with Gasteiger partial charge in [-0.2, -0.15) is 0 Å². The molecule has 1 aliphatic rings. The number of carboxylic acids is 3. The summed E-state index contributed by atoms with van der Waals surface area (Å²) in [6.07, 6.45) is 2.17. The standard InChI is InChI=1S/C54H71N17O17/c55-32(18-30-22-58-27-64-30)46(80)61-23-43(75)67-39(26-72)51(85)69-37(19-44(76)77)50(84)68-34(12-6-14-59-54(56)57)47(81)62-24-42(74)66-36(17-29-21-60-33-11-5-4-10-31(29)33)48(82)63-25-41(73)65-35(16-28-8-2-1-3-9-28)49(83)70-38(20-45(78)79)52(86)71-15-7-13-40(71)53(87)88/h1-5,8-11,21-22,27,32,34-40,60,72H,6-7,12-20,23-26,55H2,(H,58,64)(H,61,80)(H,62,81)(H,63,82)(H,65,73)(H,66,74)(H,67,75)(H,68,84)(H,69,85)(H,70,83)(H,76,77)(H,78,79)(H,87,88)(H4,56,57,59)/t32-,34-,35-,36-,37-,38-,39-,40-/m0/s1. The molecule has 474 valence electrons. The molecule has 0 bridgehead atoms. The van der Waals surface area contributed by atoms with Gasteiger partial charge >= 0.3 is 17.9 Å². The second-order valence-electron chi connectivity index (χ2n) is 20.2. The van der Waals surface area contributed by atoms with Gasteiger partial charge in [0.05, 0.1) is 51.5 Å². The second kappa shape index (κ2) is 33.8. The molecule has 1 fully saturated rings. The molecule has 5 rings (SSSR count). The molecule has 88 heavy (non-hydrogen) atoms. The predicted octanol–water partition coefficient (Wildman–Crippen LogP) is -6.43. The predicted molar refractivity (Wildman–Crippen MR) is 307 cm³/mol. The fourth-order valence-electron chi connectivity index (χ4n) is 9.16. The SMILES string of the molecule is NC(N)=NCCC[C@H](NC(=O)[C@H](CC(=O)O)NC(=O)[C@H](CO)NC(=O)CNC(=O)[C@@H](N)Cc1cnc[nH]1)C(=O)NCC(=O)N[C@@H](Cc1c[nH]c2ccccc12)C(=O)NCC(=O)N[C@@H](Cc1ccccc1)C(=O)N[C@@H](CC(=O)O)C(=O)N1CCC[C@H]1C(=O)O. The molecule has 3 heterocycles. The van der Waals surface area contributed by atoms with Gasteiger partial charge < -0.3 is 100 Å². The summed E-state index contributed by atoms with van der Waals surface area (Å²) in [5, 5.41) is 60.6. The number of aliphatic hydroxyl groups is 1. The minimum absolute atomic E-state index is 0.00159. The Bertz CT molecular complexity index is 3170. The Balaban J connectivity index is 1.26. The number of aliphatic carboxylic acids is 3. The second-order valence-corrected chi connectivity index (χ2v) is 20.2. The van der Waals surface area contributed by atoms with Crippen LogP contribution in [0.5, 0.6) is 0 Å². The van der Waals surface area contributed by atoms with Crippen LogP contribution in [0.2, 0.25) is 0 Å². The van der Waals surface area contributed by atoms with E-state index in [-0.39, 0.29) is 57.6 Å². The van der Waals surface area contributed by atoms with Crippen molar-refractivity contribution >= 4 is 93.8 Å². The van der Waals surface area contributed by atoms with Crippen molar-refractivity contribution in [1.29, 1.82) is 0 Å². The number of hydrogen-bond donors (Lipinski definition) is 18. The monoisotopic (exact) mass is 1230 g/mol. The van der Waals surface area contributed by atoms with Gasteiger partial charge in [-0.25, -0.2) is 9.78 Å². The topological polar surface area (TPSA) is 549 Å². The minimum Gasteiger partial charge on any atom is -0.481 e. The van der Waals surface area contributed by atoms with E-state index in [0.717, 1.165) is 4.90 Å². The molecule has 34 nitrogen and oxygen atoms in total. The largest absolute Gasteiger partial charge is 0.481 e. The molecule has 0 radical (unpaired) electrons. The van der Waals surface area contributed by atoms with Crippen molar-refractivity contribution < 1.29 is 82.8 Å². The van der Waals surface area contributed by atoms with Crippen LogP contribution in [0.15, 0.2) is 78.3 Å². The van der Waals surface area contributed by atoms with Gasteiger partial charge in [-0.1, -0.05) is 48.5 Å². The van der Waals surface area contributed by atoms with Crippen LogP contribution < -0.4 is 65.1 Å². The number of aliphatic hydroxyl groups excluding tert-OH is 1. The Hall–Kier alpha value is -10.5. The van der Waals surface area contributed by atoms with Gasteiger partial charge in [0.15, 0.2) is 5.96 Å². The van der Waals surface area contributed by atoms with E-state index in [4.69, 9.17) is 17.2 Å². The van der Waals surface area contributed by atoms with Gasteiger partial charge in [0, 0.05) is 61.3 Å². The zero-order valence-electron chi connectivity index (χ0n) is 47.3. The van der Waals surface area contributed by atoms with E-state index >= 15 is 0 Å². The maximum absolute atomic E-state index is 14.1. The molecule has 0 spiro atoms. The first-order chi connectivity index (χ1) is 41.9. The lowest BCUT2D eigenvalue weighted by Crippen LogP contribution is -2.59. The summed E-state index contributed by atoms with van der Waals surface area (Å²) in [5.74, 6) is -14.9. The van der Waals surface area contributed by atoms with E-state index in [9.17, 15) is 82.8 Å². The molecule has 0 aliphatic carbocycles. The molecule has 2 aromatic carbocycles. The Morgan fingerprint density at radius 3 is 1.77 bits per heavy atom. The number of aliphatic imine (C=N–C) groups is 1. The van der Waals surface area contributed by atoms with Crippen molar-refractivity contribution in [3.8, 4) is 0 Å². The number of fused-ring (bicyclic) bond motifs is 1. The van der Waals surface area contributed by atoms with Gasteiger partial charge in [-0.05, 0) is 42.9 Å². The number of H-pyrrole nitrogens is 2. The highest BCUT2D eigenvalue weighted by molar-refractivity contribution is 5.99. The third-order valence-corrected chi connectivity index (χ3v) is 13.5. The van der Waals surface area contributed by atoms with Gasteiger partial charge in [0.1, 0.15) is 42.3 Å². The molecule has 2 aromatic heterocycles. The fraction of sp³-hybridized carbons (Fsp3) is 0.426. The molecule has 34 heteroatoms. The summed E-state index contributed by atoms with van der Waals surface area (Å²) in [6.45, 7) is -3.55. The number of nitrogens with two attached hydrogens (primary N) is 3. The van der Waals surface area contributed by atoms with Crippen molar-refractivity contribution in [3.63, 3.8) is 0 Å². The van der Waals surface area contributed by atoms with E-state index in [2.05, 4.69) is 67.8 Å². The quantitative estimate of drug-likeness (QED) is 0.0116. The highest BCUT2D eigenvalue weighted by atomic mass is 16.4. The lowest BCUT2D eigenvalue weighted by molar-refractivity contribution is -0.150. The van der Waals surface area contributed by atoms with Crippen LogP contribution >= 0.6 is 0 Å². The summed E-state index contributed by atoms with van der Waals surface area (Å²) in [7, 11) is 0. The van der Waals surface area contributed by atoms with Crippen molar-refractivity contribution in [2.24, 2.45) is 22.2 Å². The Morgan fingerprint density at radius 1 is 0.625 bits per heavy atom. The average Bonchev–Trinajstić information content (AvgIpc) is 3.94.